The lowest BCUT2D eigenvalue weighted by atomic mass is 9.98. The van der Waals surface area contributed by atoms with Crippen molar-refractivity contribution >= 4 is 21.4 Å². The van der Waals surface area contributed by atoms with Gasteiger partial charge in [-0.25, -0.2) is 22.5 Å². The Bertz CT molecular complexity index is 1930. The fraction of sp³-hybridized carbons (Fsp3) is 0.172. The van der Waals surface area contributed by atoms with E-state index in [0.717, 1.165) is 18.5 Å². The molecule has 0 spiro atoms. The summed E-state index contributed by atoms with van der Waals surface area (Å²) < 4.78 is 83.4. The van der Waals surface area contributed by atoms with Crippen molar-refractivity contribution in [2.45, 2.75) is 31.5 Å². The summed E-state index contributed by atoms with van der Waals surface area (Å²) in [5.74, 6) is -0.841. The molecule has 0 aliphatic carbocycles. The van der Waals surface area contributed by atoms with Crippen molar-refractivity contribution in [3.8, 4) is 33.8 Å². The molecule has 3 aromatic carbocycles. The predicted octanol–water partition coefficient (Wildman–Crippen LogP) is 6.72. The van der Waals surface area contributed by atoms with Gasteiger partial charge >= 0.3 is 6.18 Å². The van der Waals surface area contributed by atoms with E-state index >= 15 is 4.39 Å². The van der Waals surface area contributed by atoms with Gasteiger partial charge in [-0.1, -0.05) is 17.7 Å². The summed E-state index contributed by atoms with van der Waals surface area (Å²) >= 11 is 6.07. The number of hydrogen-bond acceptors (Lipinski definition) is 5. The number of imidazole rings is 1. The van der Waals surface area contributed by atoms with Gasteiger partial charge in [-0.2, -0.15) is 18.3 Å². The molecule has 1 N–H and O–H groups in total. The zero-order valence-electron chi connectivity index (χ0n) is 22.4. The fourth-order valence-electron chi connectivity index (χ4n) is 4.72. The molecular weight excluding hydrogens is 596 g/mol. The number of benzene rings is 3. The highest BCUT2D eigenvalue weighted by Crippen LogP contribution is 2.37. The van der Waals surface area contributed by atoms with Crippen LogP contribution in [0.5, 0.6) is 0 Å². The molecule has 0 fully saturated rings. The summed E-state index contributed by atoms with van der Waals surface area (Å²) in [6, 6.07) is 15.6. The Hall–Kier alpha value is -4.00. The van der Waals surface area contributed by atoms with Gasteiger partial charge < -0.3 is 9.67 Å². The van der Waals surface area contributed by atoms with Crippen molar-refractivity contribution in [2.24, 2.45) is 0 Å². The lowest BCUT2D eigenvalue weighted by Crippen LogP contribution is -2.06. The number of aliphatic hydroxyl groups excluding tert-OH is 1. The lowest BCUT2D eigenvalue weighted by Gasteiger charge is -2.17. The summed E-state index contributed by atoms with van der Waals surface area (Å²) in [7, 11) is -3.92. The summed E-state index contributed by atoms with van der Waals surface area (Å²) in [4.78, 5) is 3.33. The molecule has 0 unspecified atom stereocenters. The monoisotopic (exact) mass is 618 g/mol. The van der Waals surface area contributed by atoms with E-state index < -0.39 is 34.1 Å². The van der Waals surface area contributed by atoms with E-state index in [0.29, 0.717) is 38.9 Å². The minimum Gasteiger partial charge on any atom is -0.392 e. The highest BCUT2D eigenvalue weighted by molar-refractivity contribution is 7.90. The molecule has 0 saturated heterocycles. The van der Waals surface area contributed by atoms with Gasteiger partial charge in [0.05, 0.1) is 34.3 Å². The molecule has 5 rings (SSSR count). The third-order valence-corrected chi connectivity index (χ3v) is 8.07. The van der Waals surface area contributed by atoms with Gasteiger partial charge in [-0.05, 0) is 79.6 Å². The molecular formula is C29H23ClF4N4O3S. The second-order valence-corrected chi connectivity index (χ2v) is 12.1. The van der Waals surface area contributed by atoms with Gasteiger partial charge in [0.2, 0.25) is 0 Å². The third kappa shape index (κ3) is 5.57. The number of aromatic nitrogens is 4. The van der Waals surface area contributed by atoms with E-state index in [9.17, 15) is 26.7 Å². The Morgan fingerprint density at radius 1 is 0.976 bits per heavy atom. The van der Waals surface area contributed by atoms with Gasteiger partial charge in [0.1, 0.15) is 11.6 Å². The van der Waals surface area contributed by atoms with Crippen LogP contribution in [0.3, 0.4) is 0 Å². The van der Waals surface area contributed by atoms with Crippen LogP contribution in [-0.2, 0) is 22.6 Å². The van der Waals surface area contributed by atoms with E-state index in [1.165, 1.54) is 17.6 Å². The SMILES string of the molecule is Cc1cc(-c2cc(-c3cc(F)c(CO)c(S(C)(=O)=O)c3)ccc2-n2cc(C(F)(F)F)nc2C)n(-c2ccc(Cl)cc2)n1. The Labute approximate surface area is 243 Å². The largest absolute Gasteiger partial charge is 0.434 e. The van der Waals surface area contributed by atoms with Crippen molar-refractivity contribution in [2.75, 3.05) is 6.26 Å². The molecule has 5 aromatic rings. The molecule has 13 heteroatoms. The van der Waals surface area contributed by atoms with E-state index in [1.54, 1.807) is 60.1 Å². The molecule has 0 aliphatic heterocycles. The first-order chi connectivity index (χ1) is 19.7. The third-order valence-electron chi connectivity index (χ3n) is 6.65. The standard InChI is InChI=1S/C29H23ClF4N4O3S/c1-16-10-26(38(36-16)21-7-5-20(30)6-8-21)22-11-18(19-12-24(31)23(15-39)27(13-19)42(3,40)41)4-9-25(22)37-14-28(29(32,33)34)35-17(37)2/h4-14,39H,15H2,1-3H3. The first-order valence-corrected chi connectivity index (χ1v) is 14.7. The van der Waals surface area contributed by atoms with Crippen molar-refractivity contribution in [3.05, 3.63) is 100 Å². The van der Waals surface area contributed by atoms with Crippen molar-refractivity contribution in [3.63, 3.8) is 0 Å². The molecule has 0 atom stereocenters. The number of aryl methyl sites for hydroxylation is 2. The van der Waals surface area contributed by atoms with Crippen LogP contribution in [0, 0.1) is 19.7 Å². The maximum Gasteiger partial charge on any atom is 0.434 e. The molecule has 0 aliphatic rings. The number of alkyl halides is 3. The number of rotatable bonds is 6. The molecule has 0 amide bonds. The van der Waals surface area contributed by atoms with E-state index in [-0.39, 0.29) is 21.8 Å². The second-order valence-electron chi connectivity index (χ2n) is 9.70. The fourth-order valence-corrected chi connectivity index (χ4v) is 5.79. The van der Waals surface area contributed by atoms with Crippen LogP contribution in [0.4, 0.5) is 17.6 Å². The van der Waals surface area contributed by atoms with Crippen LogP contribution in [0.1, 0.15) is 22.8 Å². The predicted molar refractivity (Wildman–Crippen MR) is 150 cm³/mol. The van der Waals surface area contributed by atoms with Crippen molar-refractivity contribution < 1.29 is 31.1 Å². The highest BCUT2D eigenvalue weighted by Gasteiger charge is 2.35. The molecule has 0 radical (unpaired) electrons. The Kier molecular flexibility index (Phi) is 7.50. The average Bonchev–Trinajstić information content (AvgIpc) is 3.50. The molecule has 0 saturated carbocycles. The molecule has 42 heavy (non-hydrogen) atoms. The summed E-state index contributed by atoms with van der Waals surface area (Å²) in [6.07, 6.45) is -2.88. The van der Waals surface area contributed by atoms with Gasteiger partial charge in [0, 0.05) is 28.6 Å². The summed E-state index contributed by atoms with van der Waals surface area (Å²) in [6.45, 7) is 2.38. The minimum absolute atomic E-state index is 0.0725. The van der Waals surface area contributed by atoms with Gasteiger partial charge in [0.25, 0.3) is 0 Å². The number of halogens is 5. The Morgan fingerprint density at radius 2 is 1.67 bits per heavy atom. The number of nitrogens with zero attached hydrogens (tertiary/aromatic N) is 4. The maximum atomic E-state index is 15.0. The molecule has 2 heterocycles. The highest BCUT2D eigenvalue weighted by atomic mass is 35.5. The van der Waals surface area contributed by atoms with Crippen LogP contribution in [-0.4, -0.2) is 39.1 Å². The van der Waals surface area contributed by atoms with Crippen molar-refractivity contribution in [1.29, 1.82) is 0 Å². The van der Waals surface area contributed by atoms with Gasteiger partial charge in [0.15, 0.2) is 15.5 Å². The Morgan fingerprint density at radius 3 is 2.26 bits per heavy atom. The first-order valence-electron chi connectivity index (χ1n) is 12.4. The van der Waals surface area contributed by atoms with Gasteiger partial charge in [-0.15, -0.1) is 0 Å². The van der Waals surface area contributed by atoms with Crippen LogP contribution in [0.2, 0.25) is 5.02 Å². The number of hydrogen-bond donors (Lipinski definition) is 1. The van der Waals surface area contributed by atoms with Crippen LogP contribution in [0.15, 0.2) is 71.8 Å². The van der Waals surface area contributed by atoms with Gasteiger partial charge in [-0.3, -0.25) is 0 Å². The molecule has 2 aromatic heterocycles. The first kappa shape index (κ1) is 29.5. The van der Waals surface area contributed by atoms with Crippen LogP contribution >= 0.6 is 11.6 Å². The van der Waals surface area contributed by atoms with Crippen LogP contribution in [0.25, 0.3) is 33.8 Å². The van der Waals surface area contributed by atoms with E-state index in [4.69, 9.17) is 11.6 Å². The maximum absolute atomic E-state index is 15.0. The smallest absolute Gasteiger partial charge is 0.392 e. The van der Waals surface area contributed by atoms with Crippen LogP contribution < -0.4 is 0 Å². The van der Waals surface area contributed by atoms with Crippen molar-refractivity contribution in [1.82, 2.24) is 19.3 Å². The molecule has 218 valence electrons. The summed E-state index contributed by atoms with van der Waals surface area (Å²) in [5.41, 5.74) is 1.57. The Balaban J connectivity index is 1.80. The molecule has 7 nitrogen and oxygen atoms in total. The normalized spacial score (nSPS) is 12.2. The quantitative estimate of drug-likeness (QED) is 0.214. The summed E-state index contributed by atoms with van der Waals surface area (Å²) in [5, 5.41) is 14.7. The lowest BCUT2D eigenvalue weighted by molar-refractivity contribution is -0.141. The second kappa shape index (κ2) is 10.7. The number of sulfone groups is 1. The van der Waals surface area contributed by atoms with E-state index in [1.807, 2.05) is 0 Å². The molecule has 0 bridgehead atoms. The number of aliphatic hydroxyl groups is 1. The van der Waals surface area contributed by atoms with E-state index in [2.05, 4.69) is 10.1 Å². The minimum atomic E-state index is -4.67. The zero-order valence-corrected chi connectivity index (χ0v) is 24.0. The topological polar surface area (TPSA) is 90.0 Å². The average molecular weight is 619 g/mol. The zero-order chi connectivity index (χ0) is 30.6.